The van der Waals surface area contributed by atoms with Crippen molar-refractivity contribution in [1.29, 1.82) is 0 Å². The van der Waals surface area contributed by atoms with E-state index >= 15 is 0 Å². The van der Waals surface area contributed by atoms with Crippen molar-refractivity contribution in [3.63, 3.8) is 0 Å². The smallest absolute Gasteiger partial charge is 0.248 e. The maximum atomic E-state index is 13.2. The summed E-state index contributed by atoms with van der Waals surface area (Å²) < 4.78 is 31.8. The summed E-state index contributed by atoms with van der Waals surface area (Å²) in [6, 6.07) is 0. The van der Waals surface area contributed by atoms with Crippen LogP contribution in [0.1, 0.15) is 52.4 Å². The van der Waals surface area contributed by atoms with Gasteiger partial charge >= 0.3 is 0 Å². The summed E-state index contributed by atoms with van der Waals surface area (Å²) in [5.41, 5.74) is 0. The molecule has 18 heavy (non-hydrogen) atoms. The highest BCUT2D eigenvalue weighted by Crippen LogP contribution is 2.36. The SMILES string of the molecule is CC(C)OCCCCNCC1CCCC(F)(F)C1. The molecule has 1 aliphatic rings. The minimum atomic E-state index is -2.42. The van der Waals surface area contributed by atoms with E-state index in [9.17, 15) is 8.78 Å². The van der Waals surface area contributed by atoms with Gasteiger partial charge in [0.25, 0.3) is 0 Å². The van der Waals surface area contributed by atoms with E-state index in [0.29, 0.717) is 12.5 Å². The molecule has 4 heteroatoms. The Kier molecular flexibility index (Phi) is 7.08. The Morgan fingerprint density at radius 2 is 2.11 bits per heavy atom. The zero-order valence-corrected chi connectivity index (χ0v) is 11.7. The van der Waals surface area contributed by atoms with Gasteiger partial charge in [-0.1, -0.05) is 0 Å². The minimum absolute atomic E-state index is 0.0659. The van der Waals surface area contributed by atoms with Crippen molar-refractivity contribution < 1.29 is 13.5 Å². The second-order valence-corrected chi connectivity index (χ2v) is 5.65. The third-order valence-corrected chi connectivity index (χ3v) is 3.37. The summed E-state index contributed by atoms with van der Waals surface area (Å²) in [6.45, 7) is 6.49. The molecule has 0 saturated heterocycles. The van der Waals surface area contributed by atoms with E-state index in [-0.39, 0.29) is 18.8 Å². The summed E-state index contributed by atoms with van der Waals surface area (Å²) in [6.07, 6.45) is 4.14. The number of nitrogens with one attached hydrogen (secondary N) is 1. The topological polar surface area (TPSA) is 21.3 Å². The predicted molar refractivity (Wildman–Crippen MR) is 70.1 cm³/mol. The number of ether oxygens (including phenoxy) is 1. The fraction of sp³-hybridized carbons (Fsp3) is 1.00. The molecule has 0 aromatic heterocycles. The number of rotatable bonds is 8. The third kappa shape index (κ3) is 7.27. The first-order valence-corrected chi connectivity index (χ1v) is 7.20. The molecular weight excluding hydrogens is 236 g/mol. The molecule has 1 fully saturated rings. The lowest BCUT2D eigenvalue weighted by Gasteiger charge is -2.29. The molecule has 0 aliphatic heterocycles. The van der Waals surface area contributed by atoms with E-state index < -0.39 is 5.92 Å². The van der Waals surface area contributed by atoms with Crippen LogP contribution < -0.4 is 5.32 Å². The summed E-state index contributed by atoms with van der Waals surface area (Å²) >= 11 is 0. The van der Waals surface area contributed by atoms with Crippen LogP contribution in [0.4, 0.5) is 8.78 Å². The average molecular weight is 263 g/mol. The Labute approximate surface area is 109 Å². The standard InChI is InChI=1S/C14H27F2NO/c1-12(2)18-9-4-3-8-17-11-13-6-5-7-14(15,16)10-13/h12-13,17H,3-11H2,1-2H3. The number of alkyl halides is 2. The Balaban J connectivity index is 1.94. The lowest BCUT2D eigenvalue weighted by atomic mass is 9.86. The maximum Gasteiger partial charge on any atom is 0.248 e. The monoisotopic (exact) mass is 263 g/mol. The van der Waals surface area contributed by atoms with Crippen LogP contribution in [-0.4, -0.2) is 31.7 Å². The Bertz CT molecular complexity index is 222. The summed E-state index contributed by atoms with van der Waals surface area (Å²) in [4.78, 5) is 0. The lowest BCUT2D eigenvalue weighted by molar-refractivity contribution is -0.0519. The Morgan fingerprint density at radius 1 is 1.33 bits per heavy atom. The highest BCUT2D eigenvalue weighted by molar-refractivity contribution is 4.79. The van der Waals surface area contributed by atoms with Gasteiger partial charge in [0.05, 0.1) is 6.10 Å². The van der Waals surface area contributed by atoms with Crippen LogP contribution in [0.5, 0.6) is 0 Å². The van der Waals surface area contributed by atoms with Gasteiger partial charge in [0.15, 0.2) is 0 Å². The molecule has 0 spiro atoms. The molecule has 0 bridgehead atoms. The van der Waals surface area contributed by atoms with Crippen LogP contribution in [0.3, 0.4) is 0 Å². The van der Waals surface area contributed by atoms with Gasteiger partial charge in [0.2, 0.25) is 5.92 Å². The maximum absolute atomic E-state index is 13.2. The van der Waals surface area contributed by atoms with Crippen LogP contribution in [0, 0.1) is 5.92 Å². The number of halogens is 2. The fourth-order valence-corrected chi connectivity index (χ4v) is 2.43. The van der Waals surface area contributed by atoms with Gasteiger partial charge in [0, 0.05) is 19.4 Å². The van der Waals surface area contributed by atoms with Crippen LogP contribution in [-0.2, 0) is 4.74 Å². The van der Waals surface area contributed by atoms with Crippen molar-refractivity contribution in [1.82, 2.24) is 5.32 Å². The molecule has 1 atom stereocenters. The van der Waals surface area contributed by atoms with Gasteiger partial charge in [-0.15, -0.1) is 0 Å². The zero-order valence-electron chi connectivity index (χ0n) is 11.7. The van der Waals surface area contributed by atoms with Gasteiger partial charge in [-0.2, -0.15) is 0 Å². The van der Waals surface area contributed by atoms with E-state index in [1.54, 1.807) is 0 Å². The summed E-state index contributed by atoms with van der Waals surface area (Å²) in [5.74, 6) is -2.27. The molecule has 1 N–H and O–H groups in total. The van der Waals surface area contributed by atoms with Gasteiger partial charge in [0.1, 0.15) is 0 Å². The molecule has 1 unspecified atom stereocenters. The van der Waals surface area contributed by atoms with Crippen molar-refractivity contribution in [2.45, 2.75) is 64.4 Å². The van der Waals surface area contributed by atoms with Crippen molar-refractivity contribution in [3.05, 3.63) is 0 Å². The second-order valence-electron chi connectivity index (χ2n) is 5.65. The normalized spacial score (nSPS) is 23.5. The Morgan fingerprint density at radius 3 is 2.78 bits per heavy atom. The van der Waals surface area contributed by atoms with Gasteiger partial charge in [-0.3, -0.25) is 0 Å². The van der Waals surface area contributed by atoms with Gasteiger partial charge < -0.3 is 10.1 Å². The van der Waals surface area contributed by atoms with Gasteiger partial charge in [-0.25, -0.2) is 8.78 Å². The van der Waals surface area contributed by atoms with Crippen molar-refractivity contribution in [2.24, 2.45) is 5.92 Å². The molecule has 2 nitrogen and oxygen atoms in total. The second kappa shape index (κ2) is 8.05. The highest BCUT2D eigenvalue weighted by atomic mass is 19.3. The van der Waals surface area contributed by atoms with Crippen molar-refractivity contribution >= 4 is 0 Å². The van der Waals surface area contributed by atoms with Gasteiger partial charge in [-0.05, 0) is 58.5 Å². The van der Waals surface area contributed by atoms with Crippen molar-refractivity contribution in [2.75, 3.05) is 19.7 Å². The molecule has 0 amide bonds. The van der Waals surface area contributed by atoms with E-state index in [1.807, 2.05) is 13.8 Å². The number of hydrogen-bond donors (Lipinski definition) is 1. The highest BCUT2D eigenvalue weighted by Gasteiger charge is 2.35. The first-order chi connectivity index (χ1) is 8.49. The molecule has 0 aromatic rings. The zero-order chi connectivity index (χ0) is 13.4. The quantitative estimate of drug-likeness (QED) is 0.675. The largest absolute Gasteiger partial charge is 0.379 e. The molecule has 0 radical (unpaired) electrons. The van der Waals surface area contributed by atoms with Crippen molar-refractivity contribution in [3.8, 4) is 0 Å². The molecule has 1 saturated carbocycles. The summed E-state index contributed by atoms with van der Waals surface area (Å²) in [7, 11) is 0. The van der Waals surface area contributed by atoms with Crippen LogP contribution in [0.25, 0.3) is 0 Å². The van der Waals surface area contributed by atoms with E-state index in [4.69, 9.17) is 4.74 Å². The molecule has 108 valence electrons. The Hall–Kier alpha value is -0.220. The van der Waals surface area contributed by atoms with Crippen LogP contribution in [0.2, 0.25) is 0 Å². The summed E-state index contributed by atoms with van der Waals surface area (Å²) in [5, 5.41) is 3.29. The van der Waals surface area contributed by atoms with E-state index in [2.05, 4.69) is 5.32 Å². The third-order valence-electron chi connectivity index (χ3n) is 3.37. The van der Waals surface area contributed by atoms with E-state index in [0.717, 1.165) is 39.0 Å². The molecule has 1 rings (SSSR count). The van der Waals surface area contributed by atoms with Crippen LogP contribution in [0.15, 0.2) is 0 Å². The predicted octanol–water partition coefficient (Wildman–Crippen LogP) is 3.61. The average Bonchev–Trinajstić information content (AvgIpc) is 2.26. The minimum Gasteiger partial charge on any atom is -0.379 e. The number of hydrogen-bond acceptors (Lipinski definition) is 2. The lowest BCUT2D eigenvalue weighted by Crippen LogP contribution is -2.33. The molecule has 0 aromatic carbocycles. The number of unbranched alkanes of at least 4 members (excludes halogenated alkanes) is 1. The first-order valence-electron chi connectivity index (χ1n) is 7.20. The molecule has 1 aliphatic carbocycles. The fourth-order valence-electron chi connectivity index (χ4n) is 2.43. The van der Waals surface area contributed by atoms with E-state index in [1.165, 1.54) is 0 Å². The molecule has 0 heterocycles. The first kappa shape index (κ1) is 15.8. The van der Waals surface area contributed by atoms with Crippen LogP contribution >= 0.6 is 0 Å². The molecular formula is C14H27F2NO.